The normalized spacial score (nSPS) is 14.3. The summed E-state index contributed by atoms with van der Waals surface area (Å²) in [5, 5.41) is 12.2. The highest BCUT2D eigenvalue weighted by Crippen LogP contribution is 2.17. The summed E-state index contributed by atoms with van der Waals surface area (Å²) in [7, 11) is 0. The zero-order valence-corrected chi connectivity index (χ0v) is 9.69. The molecule has 1 aromatic carbocycles. The van der Waals surface area contributed by atoms with Gasteiger partial charge in [-0.2, -0.15) is 0 Å². The first-order valence-electron chi connectivity index (χ1n) is 5.50. The Morgan fingerprint density at radius 3 is 2.82 bits per heavy atom. The van der Waals surface area contributed by atoms with Gasteiger partial charge in [-0.25, -0.2) is 4.39 Å². The third-order valence-corrected chi connectivity index (χ3v) is 2.55. The van der Waals surface area contributed by atoms with Crippen molar-refractivity contribution in [3.05, 3.63) is 35.6 Å². The minimum atomic E-state index is -1.22. The second kappa shape index (κ2) is 6.32. The molecule has 1 rings (SSSR count). The van der Waals surface area contributed by atoms with Crippen LogP contribution in [0.1, 0.15) is 24.9 Å². The summed E-state index contributed by atoms with van der Waals surface area (Å²) in [5.41, 5.74) is 5.72. The van der Waals surface area contributed by atoms with E-state index in [0.717, 1.165) is 12.0 Å². The third kappa shape index (κ3) is 4.13. The van der Waals surface area contributed by atoms with Gasteiger partial charge in [0.05, 0.1) is 0 Å². The minimum absolute atomic E-state index is 0.0599. The van der Waals surface area contributed by atoms with Gasteiger partial charge in [0.1, 0.15) is 11.9 Å². The third-order valence-electron chi connectivity index (χ3n) is 2.55. The van der Waals surface area contributed by atoms with Gasteiger partial charge in [0.25, 0.3) is 0 Å². The molecule has 1 aromatic rings. The van der Waals surface area contributed by atoms with Crippen LogP contribution in [0.4, 0.5) is 4.39 Å². The molecule has 0 aliphatic rings. The molecule has 0 aliphatic carbocycles. The molecule has 4 nitrogen and oxygen atoms in total. The van der Waals surface area contributed by atoms with Gasteiger partial charge in [-0.1, -0.05) is 19.1 Å². The van der Waals surface area contributed by atoms with Gasteiger partial charge in [-0.15, -0.1) is 0 Å². The number of rotatable bonds is 6. The van der Waals surface area contributed by atoms with Crippen LogP contribution < -0.4 is 11.1 Å². The van der Waals surface area contributed by atoms with Gasteiger partial charge >= 0.3 is 0 Å². The lowest BCUT2D eigenvalue weighted by Crippen LogP contribution is -2.38. The van der Waals surface area contributed by atoms with Crippen LogP contribution in [0.2, 0.25) is 0 Å². The molecule has 0 aliphatic heterocycles. The number of carbonyl (C=O) groups is 1. The highest BCUT2D eigenvalue weighted by Gasteiger charge is 2.14. The molecule has 94 valence electrons. The molecular weight excluding hydrogens is 223 g/mol. The van der Waals surface area contributed by atoms with E-state index >= 15 is 0 Å². The number of nitrogens with two attached hydrogens (primary N) is 1. The SMILES string of the molecule is CCC(NCC(O)C(N)=O)c1cccc(F)c1. The van der Waals surface area contributed by atoms with E-state index < -0.39 is 12.0 Å². The monoisotopic (exact) mass is 240 g/mol. The highest BCUT2D eigenvalue weighted by molar-refractivity contribution is 5.78. The summed E-state index contributed by atoms with van der Waals surface area (Å²) in [6.45, 7) is 1.99. The van der Waals surface area contributed by atoms with E-state index in [9.17, 15) is 14.3 Å². The van der Waals surface area contributed by atoms with Crippen LogP contribution in [0.5, 0.6) is 0 Å². The van der Waals surface area contributed by atoms with E-state index in [4.69, 9.17) is 5.73 Å². The molecule has 0 bridgehead atoms. The topological polar surface area (TPSA) is 75.3 Å². The molecule has 0 saturated heterocycles. The molecule has 0 radical (unpaired) electrons. The predicted octanol–water partition coefficient (Wildman–Crippen LogP) is 0.713. The van der Waals surface area contributed by atoms with Crippen molar-refractivity contribution in [3.63, 3.8) is 0 Å². The average Bonchev–Trinajstić information content (AvgIpc) is 2.29. The maximum absolute atomic E-state index is 13.0. The Bertz CT molecular complexity index is 385. The molecule has 0 fully saturated rings. The highest BCUT2D eigenvalue weighted by atomic mass is 19.1. The lowest BCUT2D eigenvalue weighted by atomic mass is 10.0. The fraction of sp³-hybridized carbons (Fsp3) is 0.417. The fourth-order valence-corrected chi connectivity index (χ4v) is 1.58. The number of carbonyl (C=O) groups excluding carboxylic acids is 1. The number of aliphatic hydroxyl groups excluding tert-OH is 1. The van der Waals surface area contributed by atoms with E-state index in [1.807, 2.05) is 6.92 Å². The Labute approximate surface area is 99.6 Å². The Kier molecular flexibility index (Phi) is 5.06. The van der Waals surface area contributed by atoms with Crippen LogP contribution >= 0.6 is 0 Å². The average molecular weight is 240 g/mol. The quantitative estimate of drug-likeness (QED) is 0.685. The summed E-state index contributed by atoms with van der Waals surface area (Å²) < 4.78 is 13.0. The molecule has 2 atom stereocenters. The number of nitrogens with one attached hydrogen (secondary N) is 1. The van der Waals surface area contributed by atoms with Crippen LogP contribution in [0.25, 0.3) is 0 Å². The van der Waals surface area contributed by atoms with Crippen LogP contribution in [0.3, 0.4) is 0 Å². The van der Waals surface area contributed by atoms with Crippen LogP contribution in [-0.4, -0.2) is 23.7 Å². The molecule has 1 amide bonds. The van der Waals surface area contributed by atoms with Crippen molar-refractivity contribution >= 4 is 5.91 Å². The summed E-state index contributed by atoms with van der Waals surface area (Å²) in [6.07, 6.45) is -0.507. The molecule has 17 heavy (non-hydrogen) atoms. The van der Waals surface area contributed by atoms with Crippen molar-refractivity contribution < 1.29 is 14.3 Å². The number of benzene rings is 1. The van der Waals surface area contributed by atoms with Crippen molar-refractivity contribution in [3.8, 4) is 0 Å². The van der Waals surface area contributed by atoms with E-state index in [1.165, 1.54) is 12.1 Å². The summed E-state index contributed by atoms with van der Waals surface area (Å²) in [5.74, 6) is -1.08. The lowest BCUT2D eigenvalue weighted by Gasteiger charge is -2.18. The lowest BCUT2D eigenvalue weighted by molar-refractivity contribution is -0.125. The molecule has 5 heteroatoms. The Balaban J connectivity index is 2.63. The van der Waals surface area contributed by atoms with Crippen molar-refractivity contribution in [1.82, 2.24) is 5.32 Å². The van der Waals surface area contributed by atoms with Crippen LogP contribution in [0, 0.1) is 5.82 Å². The number of primary amides is 1. The molecule has 0 spiro atoms. The fourth-order valence-electron chi connectivity index (χ4n) is 1.58. The standard InChI is InChI=1S/C12H17FN2O2/c1-2-10(15-7-11(16)12(14)17)8-4-3-5-9(13)6-8/h3-6,10-11,15-16H,2,7H2,1H3,(H2,14,17). The number of hydrogen-bond acceptors (Lipinski definition) is 3. The van der Waals surface area contributed by atoms with Crippen LogP contribution in [-0.2, 0) is 4.79 Å². The first-order chi connectivity index (χ1) is 8.04. The number of amides is 1. The maximum Gasteiger partial charge on any atom is 0.247 e. The molecule has 0 aromatic heterocycles. The number of halogens is 1. The largest absolute Gasteiger partial charge is 0.382 e. The zero-order valence-electron chi connectivity index (χ0n) is 9.69. The molecular formula is C12H17FN2O2. The second-order valence-electron chi connectivity index (χ2n) is 3.84. The molecule has 4 N–H and O–H groups in total. The second-order valence-corrected chi connectivity index (χ2v) is 3.84. The first kappa shape index (κ1) is 13.6. The summed E-state index contributed by atoms with van der Waals surface area (Å²) in [6, 6.07) is 6.10. The van der Waals surface area contributed by atoms with E-state index in [0.29, 0.717) is 0 Å². The van der Waals surface area contributed by atoms with Gasteiger partial charge < -0.3 is 16.2 Å². The predicted molar refractivity (Wildman–Crippen MR) is 62.6 cm³/mol. The van der Waals surface area contributed by atoms with Crippen molar-refractivity contribution in [2.24, 2.45) is 5.73 Å². The zero-order chi connectivity index (χ0) is 12.8. The molecule has 2 unspecified atom stereocenters. The summed E-state index contributed by atoms with van der Waals surface area (Å²) >= 11 is 0. The minimum Gasteiger partial charge on any atom is -0.382 e. The Hall–Kier alpha value is -1.46. The Morgan fingerprint density at radius 1 is 1.59 bits per heavy atom. The molecule has 0 saturated carbocycles. The van der Waals surface area contributed by atoms with Crippen molar-refractivity contribution in [1.29, 1.82) is 0 Å². The van der Waals surface area contributed by atoms with E-state index in [1.54, 1.807) is 12.1 Å². The number of aliphatic hydroxyl groups is 1. The van der Waals surface area contributed by atoms with Gasteiger partial charge in [0.2, 0.25) is 5.91 Å². The molecule has 0 heterocycles. The summed E-state index contributed by atoms with van der Waals surface area (Å²) in [4.78, 5) is 10.7. The maximum atomic E-state index is 13.0. The van der Waals surface area contributed by atoms with Gasteiger partial charge in [0.15, 0.2) is 0 Å². The van der Waals surface area contributed by atoms with E-state index in [2.05, 4.69) is 5.32 Å². The van der Waals surface area contributed by atoms with Gasteiger partial charge in [0, 0.05) is 12.6 Å². The van der Waals surface area contributed by atoms with Gasteiger partial charge in [-0.3, -0.25) is 4.79 Å². The van der Waals surface area contributed by atoms with Crippen LogP contribution in [0.15, 0.2) is 24.3 Å². The first-order valence-corrected chi connectivity index (χ1v) is 5.50. The van der Waals surface area contributed by atoms with Gasteiger partial charge in [-0.05, 0) is 24.1 Å². The Morgan fingerprint density at radius 2 is 2.29 bits per heavy atom. The van der Waals surface area contributed by atoms with Crippen molar-refractivity contribution in [2.45, 2.75) is 25.5 Å². The van der Waals surface area contributed by atoms with E-state index in [-0.39, 0.29) is 18.4 Å². The smallest absolute Gasteiger partial charge is 0.247 e. The number of hydrogen-bond donors (Lipinski definition) is 3. The van der Waals surface area contributed by atoms with Crippen molar-refractivity contribution in [2.75, 3.05) is 6.54 Å².